The van der Waals surface area contributed by atoms with Crippen LogP contribution in [0.4, 0.5) is 11.6 Å². The molecule has 9 nitrogen and oxygen atoms in total. The summed E-state index contributed by atoms with van der Waals surface area (Å²) in [7, 11) is 7.92. The van der Waals surface area contributed by atoms with Gasteiger partial charge in [-0.05, 0) is 28.2 Å². The predicted octanol–water partition coefficient (Wildman–Crippen LogP) is -0.944. The molecule has 9 heteroatoms. The highest BCUT2D eigenvalue weighted by atomic mass is 16.8. The molecular formula is C12H24N8O. The standard InChI is InChI=1S/C12H24N8O/c1-17(2)5-7-19-9(13)10(14)20(8-6-18(3)4)12-11(19)15-21-16-12/h13-16H,5-8H2,1-4H3. The number of nitrogens with zero attached hydrogens (tertiary/aromatic N) is 4. The van der Waals surface area contributed by atoms with Crippen LogP contribution in [-0.2, 0) is 18.0 Å². The molecule has 0 saturated heterocycles. The maximum atomic E-state index is 8.23. The molecular weight excluding hydrogens is 272 g/mol. The number of hydrogen-bond acceptors (Lipinski definition) is 7. The van der Waals surface area contributed by atoms with E-state index in [1.807, 2.05) is 38.0 Å². The molecule has 2 rings (SSSR count). The number of likely N-dealkylation sites (N-methyl/N-ethyl adjacent to an activating group) is 2. The van der Waals surface area contributed by atoms with Gasteiger partial charge in [0.2, 0.25) is 0 Å². The van der Waals surface area contributed by atoms with Gasteiger partial charge < -0.3 is 18.9 Å². The largest absolute Gasteiger partial charge is 0.308 e. The first-order valence-corrected chi connectivity index (χ1v) is 6.86. The Bertz CT molecular complexity index is 562. The second kappa shape index (κ2) is 6.29. The number of fused-ring (bicyclic) bond motifs is 1. The normalized spacial score (nSPS) is 13.4. The van der Waals surface area contributed by atoms with Crippen LogP contribution in [0.1, 0.15) is 0 Å². The molecule has 0 saturated carbocycles. The van der Waals surface area contributed by atoms with Crippen LogP contribution in [-0.4, -0.2) is 60.2 Å². The van der Waals surface area contributed by atoms with E-state index in [1.165, 1.54) is 0 Å². The maximum Gasteiger partial charge on any atom is 0.177 e. The summed E-state index contributed by atoms with van der Waals surface area (Å²) in [6.07, 6.45) is 0. The molecule has 0 spiro atoms. The Balaban J connectivity index is 2.42. The molecule has 0 aliphatic carbocycles. The molecule has 0 unspecified atom stereocenters. The fourth-order valence-corrected chi connectivity index (χ4v) is 2.11. The lowest BCUT2D eigenvalue weighted by Gasteiger charge is -2.19. The summed E-state index contributed by atoms with van der Waals surface area (Å²) in [5.41, 5.74) is 5.92. The van der Waals surface area contributed by atoms with E-state index in [1.54, 1.807) is 9.13 Å². The number of aromatic nitrogens is 2. The van der Waals surface area contributed by atoms with Gasteiger partial charge in [-0.25, -0.2) is 11.0 Å². The Hall–Kier alpha value is -1.84. The average Bonchev–Trinajstić information content (AvgIpc) is 2.87. The van der Waals surface area contributed by atoms with E-state index >= 15 is 0 Å². The molecule has 0 aromatic carbocycles. The van der Waals surface area contributed by atoms with Crippen LogP contribution in [0.2, 0.25) is 0 Å². The molecule has 21 heavy (non-hydrogen) atoms. The van der Waals surface area contributed by atoms with Crippen LogP contribution in [0.25, 0.3) is 0 Å². The van der Waals surface area contributed by atoms with Crippen LogP contribution in [0.3, 0.4) is 0 Å². The molecule has 1 aliphatic heterocycles. The summed E-state index contributed by atoms with van der Waals surface area (Å²) in [5, 5.41) is 16.5. The van der Waals surface area contributed by atoms with E-state index in [2.05, 4.69) is 11.0 Å². The Morgan fingerprint density at radius 3 is 1.57 bits per heavy atom. The average molecular weight is 296 g/mol. The number of hydrogen-bond donors (Lipinski definition) is 4. The van der Waals surface area contributed by atoms with Gasteiger partial charge >= 0.3 is 0 Å². The first-order valence-electron chi connectivity index (χ1n) is 6.86. The quantitative estimate of drug-likeness (QED) is 0.543. The van der Waals surface area contributed by atoms with Gasteiger partial charge in [0.25, 0.3) is 0 Å². The molecule has 1 aliphatic rings. The third-order valence-electron chi connectivity index (χ3n) is 3.37. The minimum Gasteiger partial charge on any atom is -0.308 e. The highest BCUT2D eigenvalue weighted by Crippen LogP contribution is 2.23. The molecule has 0 bridgehead atoms. The lowest BCUT2D eigenvalue weighted by atomic mass is 10.4. The highest BCUT2D eigenvalue weighted by Gasteiger charge is 2.21. The van der Waals surface area contributed by atoms with Gasteiger partial charge in [0.05, 0.1) is 0 Å². The van der Waals surface area contributed by atoms with E-state index in [0.717, 1.165) is 13.1 Å². The summed E-state index contributed by atoms with van der Waals surface area (Å²) < 4.78 is 3.51. The van der Waals surface area contributed by atoms with Crippen molar-refractivity contribution < 1.29 is 4.94 Å². The van der Waals surface area contributed by atoms with Crippen molar-refractivity contribution >= 4 is 11.6 Å². The molecule has 4 N–H and O–H groups in total. The van der Waals surface area contributed by atoms with E-state index < -0.39 is 0 Å². The molecule has 0 atom stereocenters. The van der Waals surface area contributed by atoms with Crippen molar-refractivity contribution in [3.05, 3.63) is 11.0 Å². The van der Waals surface area contributed by atoms with Crippen molar-refractivity contribution in [3.63, 3.8) is 0 Å². The van der Waals surface area contributed by atoms with Gasteiger partial charge in [-0.15, -0.1) is 0 Å². The lowest BCUT2D eigenvalue weighted by Crippen LogP contribution is -2.44. The van der Waals surface area contributed by atoms with Crippen molar-refractivity contribution in [2.24, 2.45) is 0 Å². The van der Waals surface area contributed by atoms with Gasteiger partial charge in [-0.2, -0.15) is 4.94 Å². The van der Waals surface area contributed by atoms with Gasteiger partial charge in [0.1, 0.15) is 0 Å². The summed E-state index contributed by atoms with van der Waals surface area (Å²) in [6, 6.07) is 0. The SMILES string of the molecule is CN(C)CCn1c2c(n(CCN(C)C)c(=N)c1=N)NON2. The third-order valence-corrected chi connectivity index (χ3v) is 3.37. The lowest BCUT2D eigenvalue weighted by molar-refractivity contribution is 0.276. The zero-order valence-electron chi connectivity index (χ0n) is 13.0. The molecule has 1 aromatic rings. The first-order chi connectivity index (χ1) is 9.91. The van der Waals surface area contributed by atoms with Gasteiger partial charge in [0.15, 0.2) is 22.6 Å². The molecule has 0 radical (unpaired) electrons. The molecule has 1 aromatic heterocycles. The van der Waals surface area contributed by atoms with E-state index in [4.69, 9.17) is 15.8 Å². The molecule has 0 fully saturated rings. The molecule has 2 heterocycles. The second-order valence-electron chi connectivity index (χ2n) is 5.61. The fraction of sp³-hybridized carbons (Fsp3) is 0.667. The van der Waals surface area contributed by atoms with Crippen molar-refractivity contribution in [2.75, 3.05) is 52.2 Å². The number of nitrogens with one attached hydrogen (secondary N) is 4. The Kier molecular flexibility index (Phi) is 4.66. The highest BCUT2D eigenvalue weighted by molar-refractivity contribution is 5.61. The fourth-order valence-electron chi connectivity index (χ4n) is 2.11. The topological polar surface area (TPSA) is 97.3 Å². The van der Waals surface area contributed by atoms with E-state index in [9.17, 15) is 0 Å². The minimum atomic E-state index is 0.175. The van der Waals surface area contributed by atoms with Crippen molar-refractivity contribution in [2.45, 2.75) is 13.1 Å². The van der Waals surface area contributed by atoms with Crippen LogP contribution < -0.4 is 21.9 Å². The Labute approximate surface area is 123 Å². The zero-order valence-corrected chi connectivity index (χ0v) is 13.0. The zero-order chi connectivity index (χ0) is 15.6. The summed E-state index contributed by atoms with van der Waals surface area (Å²) in [6.45, 7) is 2.80. The molecule has 0 amide bonds. The minimum absolute atomic E-state index is 0.175. The monoisotopic (exact) mass is 296 g/mol. The maximum absolute atomic E-state index is 8.23. The smallest absolute Gasteiger partial charge is 0.177 e. The third kappa shape index (κ3) is 3.26. The van der Waals surface area contributed by atoms with Crippen molar-refractivity contribution in [1.29, 1.82) is 10.8 Å². The van der Waals surface area contributed by atoms with Crippen LogP contribution in [0.5, 0.6) is 0 Å². The second-order valence-corrected chi connectivity index (χ2v) is 5.61. The van der Waals surface area contributed by atoms with Gasteiger partial charge in [-0.1, -0.05) is 0 Å². The van der Waals surface area contributed by atoms with Gasteiger partial charge in [0, 0.05) is 26.2 Å². The van der Waals surface area contributed by atoms with Crippen molar-refractivity contribution in [3.8, 4) is 0 Å². The number of anilines is 2. The Morgan fingerprint density at radius 1 is 0.857 bits per heavy atom. The van der Waals surface area contributed by atoms with Crippen LogP contribution in [0.15, 0.2) is 0 Å². The van der Waals surface area contributed by atoms with Crippen molar-refractivity contribution in [1.82, 2.24) is 18.9 Å². The van der Waals surface area contributed by atoms with E-state index in [0.29, 0.717) is 24.7 Å². The van der Waals surface area contributed by atoms with Crippen LogP contribution >= 0.6 is 0 Å². The summed E-state index contributed by atoms with van der Waals surface area (Å²) in [4.78, 5) is 9.17. The Morgan fingerprint density at radius 2 is 1.24 bits per heavy atom. The van der Waals surface area contributed by atoms with E-state index in [-0.39, 0.29) is 11.0 Å². The van der Waals surface area contributed by atoms with Gasteiger partial charge in [-0.3, -0.25) is 10.8 Å². The number of rotatable bonds is 6. The summed E-state index contributed by atoms with van der Waals surface area (Å²) in [5.74, 6) is 1.38. The predicted molar refractivity (Wildman–Crippen MR) is 79.6 cm³/mol. The first kappa shape index (κ1) is 15.5. The summed E-state index contributed by atoms with van der Waals surface area (Å²) >= 11 is 0. The van der Waals surface area contributed by atoms with Crippen LogP contribution in [0, 0.1) is 10.8 Å². The molecule has 118 valence electrons.